The fourth-order valence-corrected chi connectivity index (χ4v) is 4.35. The maximum Gasteiger partial charge on any atom is 0.178 e. The van der Waals surface area contributed by atoms with Crippen molar-refractivity contribution >= 4 is 9.84 Å². The highest BCUT2D eigenvalue weighted by Crippen LogP contribution is 2.35. The molecule has 0 radical (unpaired) electrons. The Hall–Kier alpha value is -0.870. The molecular formula is C16H25NO2S. The van der Waals surface area contributed by atoms with Crippen LogP contribution in [0.15, 0.2) is 29.2 Å². The summed E-state index contributed by atoms with van der Waals surface area (Å²) in [6, 6.07) is 7.91. The van der Waals surface area contributed by atoms with Crippen molar-refractivity contribution in [2.45, 2.75) is 50.5 Å². The molecule has 0 saturated heterocycles. The van der Waals surface area contributed by atoms with Gasteiger partial charge >= 0.3 is 0 Å². The lowest BCUT2D eigenvalue weighted by Gasteiger charge is -2.19. The highest BCUT2D eigenvalue weighted by molar-refractivity contribution is 7.91. The van der Waals surface area contributed by atoms with Gasteiger partial charge in [0.05, 0.1) is 10.6 Å². The molecule has 1 saturated carbocycles. The Bertz CT molecular complexity index is 535. The number of nitrogens with one attached hydrogen (secondary N) is 1. The molecule has 0 aromatic heterocycles. The highest BCUT2D eigenvalue weighted by atomic mass is 32.2. The third-order valence-corrected chi connectivity index (χ3v) is 5.89. The average Bonchev–Trinajstić information content (AvgIpc) is 3.23. The molecule has 0 heterocycles. The number of likely N-dealkylation sites (N-methyl/N-ethyl adjacent to an activating group) is 1. The minimum absolute atomic E-state index is 0.235. The van der Waals surface area contributed by atoms with Crippen LogP contribution in [0.5, 0.6) is 0 Å². The molecule has 3 nitrogen and oxygen atoms in total. The molecule has 0 amide bonds. The third-order valence-electron chi connectivity index (χ3n) is 3.88. The van der Waals surface area contributed by atoms with Gasteiger partial charge in [-0.1, -0.05) is 32.0 Å². The Labute approximate surface area is 122 Å². The largest absolute Gasteiger partial charge is 0.314 e. The molecule has 1 N–H and O–H groups in total. The summed E-state index contributed by atoms with van der Waals surface area (Å²) in [5.74, 6) is 0.955. The first-order chi connectivity index (χ1) is 9.58. The third kappa shape index (κ3) is 3.83. The molecule has 20 heavy (non-hydrogen) atoms. The Balaban J connectivity index is 2.23. The average molecular weight is 295 g/mol. The van der Waals surface area contributed by atoms with E-state index in [0.29, 0.717) is 17.4 Å². The number of sulfone groups is 1. The number of hydrogen-bond acceptors (Lipinski definition) is 3. The molecule has 1 unspecified atom stereocenters. The van der Waals surface area contributed by atoms with Crippen molar-refractivity contribution in [3.63, 3.8) is 0 Å². The van der Waals surface area contributed by atoms with E-state index in [-0.39, 0.29) is 5.75 Å². The lowest BCUT2D eigenvalue weighted by Crippen LogP contribution is -2.33. The lowest BCUT2D eigenvalue weighted by molar-refractivity contribution is 0.469. The van der Waals surface area contributed by atoms with E-state index < -0.39 is 9.84 Å². The highest BCUT2D eigenvalue weighted by Gasteiger charge is 2.31. The predicted molar refractivity (Wildman–Crippen MR) is 82.7 cm³/mol. The number of rotatable bonds is 8. The van der Waals surface area contributed by atoms with Crippen molar-refractivity contribution < 1.29 is 8.42 Å². The Morgan fingerprint density at radius 2 is 1.95 bits per heavy atom. The monoisotopic (exact) mass is 295 g/mol. The second kappa shape index (κ2) is 6.72. The van der Waals surface area contributed by atoms with Crippen LogP contribution in [0, 0.1) is 5.92 Å². The molecule has 0 spiro atoms. The topological polar surface area (TPSA) is 46.2 Å². The molecular weight excluding hydrogens is 270 g/mol. The first-order valence-corrected chi connectivity index (χ1v) is 9.27. The van der Waals surface area contributed by atoms with E-state index in [2.05, 4.69) is 12.2 Å². The first-order valence-electron chi connectivity index (χ1n) is 7.62. The van der Waals surface area contributed by atoms with E-state index in [1.807, 2.05) is 25.1 Å². The van der Waals surface area contributed by atoms with Gasteiger partial charge in [0.2, 0.25) is 0 Å². The van der Waals surface area contributed by atoms with E-state index in [4.69, 9.17) is 0 Å². The standard InChI is InChI=1S/C16H25NO2S/c1-3-11-20(18,19)16-8-6-5-7-14(16)12-15(17-4-2)13-9-10-13/h5-8,13,15,17H,3-4,9-12H2,1-2H3. The maximum atomic E-state index is 12.4. The van der Waals surface area contributed by atoms with E-state index in [0.717, 1.165) is 24.4 Å². The molecule has 1 aliphatic carbocycles. The van der Waals surface area contributed by atoms with Crippen molar-refractivity contribution in [2.75, 3.05) is 12.3 Å². The van der Waals surface area contributed by atoms with Gasteiger partial charge in [-0.15, -0.1) is 0 Å². The van der Waals surface area contributed by atoms with Gasteiger partial charge in [-0.3, -0.25) is 0 Å². The van der Waals surface area contributed by atoms with Crippen LogP contribution in [-0.4, -0.2) is 26.8 Å². The van der Waals surface area contributed by atoms with Crippen LogP contribution >= 0.6 is 0 Å². The molecule has 4 heteroatoms. The quantitative estimate of drug-likeness (QED) is 0.802. The molecule has 2 rings (SSSR count). The van der Waals surface area contributed by atoms with Crippen molar-refractivity contribution in [1.82, 2.24) is 5.32 Å². The van der Waals surface area contributed by atoms with Gasteiger partial charge in [0.25, 0.3) is 0 Å². The van der Waals surface area contributed by atoms with Crippen LogP contribution in [-0.2, 0) is 16.3 Å². The fourth-order valence-electron chi connectivity index (χ4n) is 2.76. The van der Waals surface area contributed by atoms with Crippen molar-refractivity contribution in [3.8, 4) is 0 Å². The normalized spacial score (nSPS) is 17.1. The van der Waals surface area contributed by atoms with E-state index in [1.165, 1.54) is 12.8 Å². The van der Waals surface area contributed by atoms with Crippen LogP contribution in [0.25, 0.3) is 0 Å². The predicted octanol–water partition coefficient (Wildman–Crippen LogP) is 2.80. The number of hydrogen-bond donors (Lipinski definition) is 1. The van der Waals surface area contributed by atoms with Crippen LogP contribution < -0.4 is 5.32 Å². The van der Waals surface area contributed by atoms with Crippen molar-refractivity contribution in [3.05, 3.63) is 29.8 Å². The van der Waals surface area contributed by atoms with Crippen LogP contribution in [0.2, 0.25) is 0 Å². The molecule has 0 aliphatic heterocycles. The Morgan fingerprint density at radius 3 is 2.55 bits per heavy atom. The Kier molecular flexibility index (Phi) is 5.22. The van der Waals surface area contributed by atoms with Gasteiger partial charge < -0.3 is 5.32 Å². The zero-order chi connectivity index (χ0) is 14.6. The van der Waals surface area contributed by atoms with Crippen LogP contribution in [0.3, 0.4) is 0 Å². The van der Waals surface area contributed by atoms with E-state index in [9.17, 15) is 8.42 Å². The Morgan fingerprint density at radius 1 is 1.25 bits per heavy atom. The summed E-state index contributed by atoms with van der Waals surface area (Å²) in [5, 5.41) is 3.51. The van der Waals surface area contributed by atoms with Crippen LogP contribution in [0.1, 0.15) is 38.7 Å². The van der Waals surface area contributed by atoms with Gasteiger partial charge in [0.15, 0.2) is 9.84 Å². The summed E-state index contributed by atoms with van der Waals surface area (Å²) >= 11 is 0. The van der Waals surface area contributed by atoms with Crippen molar-refractivity contribution in [1.29, 1.82) is 0 Å². The summed E-state index contributed by atoms with van der Waals surface area (Å²) in [4.78, 5) is 0.533. The molecule has 1 aliphatic rings. The summed E-state index contributed by atoms with van der Waals surface area (Å²) in [6.07, 6.45) is 4.01. The molecule has 1 aromatic carbocycles. The second-order valence-corrected chi connectivity index (χ2v) is 7.71. The number of benzene rings is 1. The van der Waals surface area contributed by atoms with E-state index >= 15 is 0 Å². The smallest absolute Gasteiger partial charge is 0.178 e. The SMILES string of the molecule is CCCS(=O)(=O)c1ccccc1CC(NCC)C1CC1. The van der Waals surface area contributed by atoms with Gasteiger partial charge in [-0.05, 0) is 49.8 Å². The van der Waals surface area contributed by atoms with Gasteiger partial charge in [-0.25, -0.2) is 8.42 Å². The van der Waals surface area contributed by atoms with E-state index in [1.54, 1.807) is 6.07 Å². The summed E-state index contributed by atoms with van der Waals surface area (Å²) in [5.41, 5.74) is 0.971. The molecule has 1 atom stereocenters. The molecule has 1 aromatic rings. The van der Waals surface area contributed by atoms with Crippen molar-refractivity contribution in [2.24, 2.45) is 5.92 Å². The second-order valence-electron chi connectivity index (χ2n) is 5.63. The molecule has 1 fully saturated rings. The summed E-state index contributed by atoms with van der Waals surface area (Å²) < 4.78 is 24.7. The van der Waals surface area contributed by atoms with Gasteiger partial charge in [0, 0.05) is 6.04 Å². The zero-order valence-electron chi connectivity index (χ0n) is 12.4. The summed E-state index contributed by atoms with van der Waals surface area (Å²) in [6.45, 7) is 4.95. The molecule has 112 valence electrons. The summed E-state index contributed by atoms with van der Waals surface area (Å²) in [7, 11) is -3.13. The maximum absolute atomic E-state index is 12.4. The fraction of sp³-hybridized carbons (Fsp3) is 0.625. The van der Waals surface area contributed by atoms with Gasteiger partial charge in [0.1, 0.15) is 0 Å². The molecule has 0 bridgehead atoms. The first kappa shape index (κ1) is 15.5. The minimum atomic E-state index is -3.13. The lowest BCUT2D eigenvalue weighted by atomic mass is 10.0. The van der Waals surface area contributed by atoms with Gasteiger partial charge in [-0.2, -0.15) is 0 Å². The zero-order valence-corrected chi connectivity index (χ0v) is 13.2. The van der Waals surface area contributed by atoms with Crippen LogP contribution in [0.4, 0.5) is 0 Å². The minimum Gasteiger partial charge on any atom is -0.314 e.